The second-order valence-electron chi connectivity index (χ2n) is 19.1. The first kappa shape index (κ1) is 39.7. The van der Waals surface area contributed by atoms with Crippen LogP contribution in [0.5, 0.6) is 0 Å². The minimum absolute atomic E-state index is 1.13. The third-order valence-electron chi connectivity index (χ3n) is 15.3. The van der Waals surface area contributed by atoms with Crippen molar-refractivity contribution in [1.29, 1.82) is 0 Å². The van der Waals surface area contributed by atoms with Crippen LogP contribution in [0.1, 0.15) is 0 Å². The van der Waals surface area contributed by atoms with E-state index in [1.54, 1.807) is 0 Å². The molecule has 0 amide bonds. The summed E-state index contributed by atoms with van der Waals surface area (Å²) in [5.74, 6) is 0. The topological polar surface area (TPSA) is 4.93 Å². The van der Waals surface area contributed by atoms with Gasteiger partial charge in [-0.1, -0.05) is 218 Å². The van der Waals surface area contributed by atoms with Crippen molar-refractivity contribution in [2.24, 2.45) is 0 Å². The zero-order chi connectivity index (χ0) is 46.6. The summed E-state index contributed by atoms with van der Waals surface area (Å²) in [6.07, 6.45) is 0. The minimum Gasteiger partial charge on any atom is -0.309 e. The van der Waals surface area contributed by atoms with E-state index in [1.807, 2.05) is 0 Å². The van der Waals surface area contributed by atoms with Crippen LogP contribution in [-0.2, 0) is 0 Å². The molecular weight excluding hydrogens is 855 g/mol. The van der Waals surface area contributed by atoms with Gasteiger partial charge >= 0.3 is 0 Å². The van der Waals surface area contributed by atoms with Gasteiger partial charge in [-0.2, -0.15) is 0 Å². The summed E-state index contributed by atoms with van der Waals surface area (Å²) in [7, 11) is 0. The van der Waals surface area contributed by atoms with Crippen LogP contribution in [0.4, 0.5) is 0 Å². The lowest BCUT2D eigenvalue weighted by molar-refractivity contribution is 1.19. The summed E-state index contributed by atoms with van der Waals surface area (Å²) in [4.78, 5) is 0. The number of rotatable bonds is 5. The molecule has 0 unspecified atom stereocenters. The number of hydrogen-bond donors (Lipinski definition) is 0. The molecule has 71 heavy (non-hydrogen) atoms. The maximum atomic E-state index is 2.49. The normalized spacial score (nSPS) is 11.9. The number of benzene rings is 14. The molecule has 0 saturated heterocycles. The maximum Gasteiger partial charge on any atom is 0.0541 e. The zero-order valence-corrected chi connectivity index (χ0v) is 38.8. The van der Waals surface area contributed by atoms with Crippen molar-refractivity contribution in [3.05, 3.63) is 261 Å². The molecule has 0 atom stereocenters. The van der Waals surface area contributed by atoms with Crippen molar-refractivity contribution in [3.63, 3.8) is 0 Å². The highest BCUT2D eigenvalue weighted by atomic mass is 15.0. The summed E-state index contributed by atoms with van der Waals surface area (Å²) in [6.45, 7) is 0. The van der Waals surface area contributed by atoms with E-state index in [4.69, 9.17) is 0 Å². The van der Waals surface area contributed by atoms with Gasteiger partial charge in [-0.05, 0) is 162 Å². The standard InChI is InChI=1S/C70H43N/c1-3-19-47-40-49(34-32-44(47)16-1)67-56-24-7-8-25-57(56)69(50-35-33-45-17-2-4-20-48(45)41-50)64-43-52(37-38-62(64)67)71-65-31-14-13-23-54(65)63-42-51(36-39-66(63)71)68-58-26-9-11-28-60(58)70(61-29-12-10-27-59(61)68)55-30-15-21-46-18-5-6-22-53(46)55/h1-43H. The molecule has 0 aliphatic carbocycles. The van der Waals surface area contributed by atoms with Gasteiger partial charge in [0.1, 0.15) is 0 Å². The van der Waals surface area contributed by atoms with Crippen LogP contribution in [0.2, 0.25) is 0 Å². The van der Waals surface area contributed by atoms with Crippen molar-refractivity contribution in [2.75, 3.05) is 0 Å². The van der Waals surface area contributed by atoms with E-state index < -0.39 is 0 Å². The summed E-state index contributed by atoms with van der Waals surface area (Å²) < 4.78 is 2.49. The van der Waals surface area contributed by atoms with E-state index >= 15 is 0 Å². The Hall–Kier alpha value is -9.30. The average molecular weight is 898 g/mol. The van der Waals surface area contributed by atoms with E-state index in [0.717, 1.165) is 5.69 Å². The third kappa shape index (κ3) is 6.07. The summed E-state index contributed by atoms with van der Waals surface area (Å²) >= 11 is 0. The highest BCUT2D eigenvalue weighted by molar-refractivity contribution is 6.25. The second-order valence-corrected chi connectivity index (χ2v) is 19.1. The first-order valence-electron chi connectivity index (χ1n) is 24.7. The lowest BCUT2D eigenvalue weighted by Gasteiger charge is -2.20. The van der Waals surface area contributed by atoms with Gasteiger partial charge in [-0.3, -0.25) is 0 Å². The highest BCUT2D eigenvalue weighted by Crippen LogP contribution is 2.48. The smallest absolute Gasteiger partial charge is 0.0541 e. The Balaban J connectivity index is 0.988. The van der Waals surface area contributed by atoms with Gasteiger partial charge in [-0.15, -0.1) is 0 Å². The Morgan fingerprint density at radius 3 is 1.20 bits per heavy atom. The van der Waals surface area contributed by atoms with Gasteiger partial charge in [0.25, 0.3) is 0 Å². The molecule has 0 bridgehead atoms. The lowest BCUT2D eigenvalue weighted by atomic mass is 9.84. The molecule has 0 aliphatic heterocycles. The van der Waals surface area contributed by atoms with Crippen LogP contribution >= 0.6 is 0 Å². The Bertz CT molecular complexity index is 4640. The quantitative estimate of drug-likeness (QED) is 0.152. The molecule has 1 heteroatoms. The molecule has 0 aliphatic rings. The number of hydrogen-bond acceptors (Lipinski definition) is 0. The van der Waals surface area contributed by atoms with Crippen molar-refractivity contribution in [2.45, 2.75) is 0 Å². The van der Waals surface area contributed by atoms with Crippen LogP contribution in [0.3, 0.4) is 0 Å². The van der Waals surface area contributed by atoms with Crippen molar-refractivity contribution in [1.82, 2.24) is 4.57 Å². The van der Waals surface area contributed by atoms with E-state index in [2.05, 4.69) is 265 Å². The molecule has 1 heterocycles. The minimum atomic E-state index is 1.13. The van der Waals surface area contributed by atoms with Crippen LogP contribution in [-0.4, -0.2) is 4.57 Å². The van der Waals surface area contributed by atoms with Crippen molar-refractivity contribution in [3.8, 4) is 50.2 Å². The Labute approximate surface area is 410 Å². The van der Waals surface area contributed by atoms with Crippen LogP contribution < -0.4 is 0 Å². The third-order valence-corrected chi connectivity index (χ3v) is 15.3. The first-order chi connectivity index (χ1) is 35.2. The van der Waals surface area contributed by atoms with Crippen molar-refractivity contribution < 1.29 is 0 Å². The van der Waals surface area contributed by atoms with Gasteiger partial charge < -0.3 is 4.57 Å². The number of para-hydroxylation sites is 1. The molecule has 1 nitrogen and oxygen atoms in total. The molecule has 14 aromatic carbocycles. The average Bonchev–Trinajstić information content (AvgIpc) is 3.77. The molecule has 15 aromatic rings. The van der Waals surface area contributed by atoms with Gasteiger partial charge in [0.05, 0.1) is 11.0 Å². The number of fused-ring (bicyclic) bond motifs is 10. The molecule has 15 rings (SSSR count). The van der Waals surface area contributed by atoms with Crippen LogP contribution in [0, 0.1) is 0 Å². The molecule has 0 saturated carbocycles. The molecule has 1 aromatic heterocycles. The summed E-state index contributed by atoms with van der Waals surface area (Å²) in [5, 5.41) is 19.9. The molecule has 328 valence electrons. The Morgan fingerprint density at radius 2 is 0.606 bits per heavy atom. The van der Waals surface area contributed by atoms with E-state index in [9.17, 15) is 0 Å². The van der Waals surface area contributed by atoms with Gasteiger partial charge in [0.2, 0.25) is 0 Å². The molecule has 0 spiro atoms. The van der Waals surface area contributed by atoms with E-state index in [1.165, 1.54) is 142 Å². The van der Waals surface area contributed by atoms with Crippen LogP contribution in [0.15, 0.2) is 261 Å². The highest BCUT2D eigenvalue weighted by Gasteiger charge is 2.22. The summed E-state index contributed by atoms with van der Waals surface area (Å²) in [5.41, 5.74) is 13.5. The largest absolute Gasteiger partial charge is 0.309 e. The van der Waals surface area contributed by atoms with Gasteiger partial charge in [0.15, 0.2) is 0 Å². The number of nitrogens with zero attached hydrogens (tertiary/aromatic N) is 1. The second kappa shape index (κ2) is 15.6. The SMILES string of the molecule is c1ccc2cc(-c3c4ccccc4c(-c4ccc5ccccc5c4)c4cc(-n5c6ccccc6c6cc(-c7c8ccccc8c(-c8cccc9ccccc89)c8ccccc78)ccc65)ccc34)ccc2c1. The maximum absolute atomic E-state index is 2.49. The van der Waals surface area contributed by atoms with E-state index in [0.29, 0.717) is 0 Å². The van der Waals surface area contributed by atoms with Crippen LogP contribution in [0.25, 0.3) is 147 Å². The monoisotopic (exact) mass is 897 g/mol. The van der Waals surface area contributed by atoms with Crippen molar-refractivity contribution >= 4 is 97.2 Å². The number of aromatic nitrogens is 1. The Morgan fingerprint density at radius 1 is 0.197 bits per heavy atom. The Kier molecular flexibility index (Phi) is 8.73. The fourth-order valence-electron chi connectivity index (χ4n) is 12.2. The van der Waals surface area contributed by atoms with Gasteiger partial charge in [0, 0.05) is 16.5 Å². The fourth-order valence-corrected chi connectivity index (χ4v) is 12.2. The predicted molar refractivity (Wildman–Crippen MR) is 305 cm³/mol. The molecular formula is C70H43N. The zero-order valence-electron chi connectivity index (χ0n) is 38.8. The van der Waals surface area contributed by atoms with E-state index in [-0.39, 0.29) is 0 Å². The molecule has 0 N–H and O–H groups in total. The van der Waals surface area contributed by atoms with Gasteiger partial charge in [-0.25, -0.2) is 0 Å². The first-order valence-corrected chi connectivity index (χ1v) is 24.7. The molecule has 0 fully saturated rings. The predicted octanol–water partition coefficient (Wildman–Crippen LogP) is 19.5. The lowest BCUT2D eigenvalue weighted by Crippen LogP contribution is -1.96. The summed E-state index contributed by atoms with van der Waals surface area (Å²) in [6, 6.07) is 97.1. The molecule has 0 radical (unpaired) electrons. The fraction of sp³-hybridized carbons (Fsp3) is 0.